The molecule has 0 unspecified atom stereocenters. The molecule has 1 fully saturated rings. The van der Waals surface area contributed by atoms with Crippen LogP contribution < -0.4 is 15.9 Å². The van der Waals surface area contributed by atoms with Crippen LogP contribution in [0.15, 0.2) is 18.3 Å². The zero-order valence-corrected chi connectivity index (χ0v) is 11.5. The highest BCUT2D eigenvalue weighted by atomic mass is 16.7. The second-order valence-electron chi connectivity index (χ2n) is 5.44. The van der Waals surface area contributed by atoms with E-state index in [1.54, 1.807) is 18.3 Å². The fourth-order valence-corrected chi connectivity index (χ4v) is 1.67. The van der Waals surface area contributed by atoms with Crippen LogP contribution in [0.5, 0.6) is 5.88 Å². The van der Waals surface area contributed by atoms with Crippen LogP contribution in [-0.2, 0) is 9.31 Å². The van der Waals surface area contributed by atoms with E-state index in [2.05, 4.69) is 9.72 Å². The zero-order chi connectivity index (χ0) is 14.3. The zero-order valence-electron chi connectivity index (χ0n) is 11.5. The molecule has 2 N–H and O–H groups in total. The summed E-state index contributed by atoms with van der Waals surface area (Å²) < 4.78 is 16.4. The van der Waals surface area contributed by atoms with E-state index in [1.807, 2.05) is 27.7 Å². The average Bonchev–Trinajstić information content (AvgIpc) is 2.48. The lowest BCUT2D eigenvalue weighted by Crippen LogP contribution is -2.41. The van der Waals surface area contributed by atoms with Gasteiger partial charge in [-0.2, -0.15) is 0 Å². The summed E-state index contributed by atoms with van der Waals surface area (Å²) in [4.78, 5) is 14.6. The van der Waals surface area contributed by atoms with Gasteiger partial charge < -0.3 is 19.8 Å². The van der Waals surface area contributed by atoms with Crippen LogP contribution in [0.4, 0.5) is 4.79 Å². The highest BCUT2D eigenvalue weighted by Crippen LogP contribution is 2.36. The van der Waals surface area contributed by atoms with E-state index < -0.39 is 24.4 Å². The third kappa shape index (κ3) is 2.72. The Labute approximate surface area is 112 Å². The highest BCUT2D eigenvalue weighted by Gasteiger charge is 2.51. The fraction of sp³-hybridized carbons (Fsp3) is 0.500. The van der Waals surface area contributed by atoms with E-state index >= 15 is 0 Å². The normalized spacial score (nSPS) is 20.3. The monoisotopic (exact) mass is 264 g/mol. The standard InChI is InChI=1S/C12H17BN2O4/c1-11(2)12(3,4)19-13(18-11)8-5-6-9(15-7-8)17-10(14)16/h5-7H,1-4H3,(H2,14,16). The number of amides is 1. The molecule has 1 aliphatic rings. The first kappa shape index (κ1) is 13.8. The topological polar surface area (TPSA) is 83.7 Å². The van der Waals surface area contributed by atoms with Crippen molar-refractivity contribution >= 4 is 18.7 Å². The first-order valence-corrected chi connectivity index (χ1v) is 6.00. The molecular weight excluding hydrogens is 247 g/mol. The van der Waals surface area contributed by atoms with Crippen molar-refractivity contribution in [1.29, 1.82) is 0 Å². The molecule has 0 radical (unpaired) electrons. The van der Waals surface area contributed by atoms with Crippen LogP contribution in [0, 0.1) is 0 Å². The Balaban J connectivity index is 2.14. The molecule has 0 aromatic carbocycles. The Hall–Kier alpha value is -1.60. The van der Waals surface area contributed by atoms with Crippen molar-refractivity contribution < 1.29 is 18.8 Å². The molecule has 0 bridgehead atoms. The largest absolute Gasteiger partial charge is 0.496 e. The van der Waals surface area contributed by atoms with E-state index in [0.717, 1.165) is 5.46 Å². The number of carbonyl (C=O) groups excluding carboxylic acids is 1. The quantitative estimate of drug-likeness (QED) is 0.800. The Kier molecular flexibility index (Phi) is 3.28. The smallest absolute Gasteiger partial charge is 0.399 e. The van der Waals surface area contributed by atoms with Gasteiger partial charge in [-0.3, -0.25) is 0 Å². The second kappa shape index (κ2) is 4.50. The predicted molar refractivity (Wildman–Crippen MR) is 70.2 cm³/mol. The molecule has 1 aromatic rings. The SMILES string of the molecule is CC1(C)OB(c2ccc(OC(N)=O)nc2)OC1(C)C. The lowest BCUT2D eigenvalue weighted by atomic mass is 9.80. The Bertz CT molecular complexity index is 471. The molecular formula is C12H17BN2O4. The van der Waals surface area contributed by atoms with E-state index in [0.29, 0.717) is 0 Å². The Morgan fingerprint density at radius 1 is 1.26 bits per heavy atom. The van der Waals surface area contributed by atoms with Gasteiger partial charge in [0.1, 0.15) is 0 Å². The fourth-order valence-electron chi connectivity index (χ4n) is 1.67. The van der Waals surface area contributed by atoms with Gasteiger partial charge in [-0.05, 0) is 27.7 Å². The minimum absolute atomic E-state index is 0.146. The molecule has 102 valence electrons. The van der Waals surface area contributed by atoms with Crippen molar-refractivity contribution in [3.63, 3.8) is 0 Å². The Morgan fingerprint density at radius 3 is 2.26 bits per heavy atom. The molecule has 7 heteroatoms. The number of nitrogens with zero attached hydrogens (tertiary/aromatic N) is 1. The summed E-state index contributed by atoms with van der Waals surface area (Å²) in [5, 5.41) is 0. The van der Waals surface area contributed by atoms with Crippen molar-refractivity contribution in [1.82, 2.24) is 4.98 Å². The maximum atomic E-state index is 10.6. The first-order valence-electron chi connectivity index (χ1n) is 6.00. The van der Waals surface area contributed by atoms with E-state index in [9.17, 15) is 4.79 Å². The molecule has 1 saturated heterocycles. The lowest BCUT2D eigenvalue weighted by molar-refractivity contribution is 0.00578. The molecule has 6 nitrogen and oxygen atoms in total. The van der Waals surface area contributed by atoms with Gasteiger partial charge in [0.05, 0.1) is 11.2 Å². The van der Waals surface area contributed by atoms with Gasteiger partial charge in [0.15, 0.2) is 0 Å². The van der Waals surface area contributed by atoms with Gasteiger partial charge in [-0.25, -0.2) is 9.78 Å². The molecule has 0 atom stereocenters. The van der Waals surface area contributed by atoms with Gasteiger partial charge in [0.2, 0.25) is 5.88 Å². The molecule has 1 aliphatic heterocycles. The maximum Gasteiger partial charge on any atom is 0.496 e. The minimum Gasteiger partial charge on any atom is -0.399 e. The van der Waals surface area contributed by atoms with Crippen molar-refractivity contribution in [2.24, 2.45) is 5.73 Å². The number of rotatable bonds is 2. The molecule has 0 aliphatic carbocycles. The maximum absolute atomic E-state index is 10.6. The predicted octanol–water partition coefficient (Wildman–Crippen LogP) is 0.838. The third-order valence-corrected chi connectivity index (χ3v) is 3.49. The second-order valence-corrected chi connectivity index (χ2v) is 5.44. The van der Waals surface area contributed by atoms with Crippen molar-refractivity contribution in [2.45, 2.75) is 38.9 Å². The van der Waals surface area contributed by atoms with Crippen molar-refractivity contribution in [2.75, 3.05) is 0 Å². The van der Waals surface area contributed by atoms with E-state index in [4.69, 9.17) is 15.0 Å². The summed E-state index contributed by atoms with van der Waals surface area (Å²) in [6.07, 6.45) is 0.649. The number of aromatic nitrogens is 1. The number of hydrogen-bond acceptors (Lipinski definition) is 5. The number of ether oxygens (including phenoxy) is 1. The number of nitrogens with two attached hydrogens (primary N) is 1. The first-order chi connectivity index (χ1) is 8.71. The number of hydrogen-bond donors (Lipinski definition) is 1. The molecule has 1 amide bonds. The number of primary amides is 1. The van der Waals surface area contributed by atoms with Gasteiger partial charge in [0.25, 0.3) is 0 Å². The van der Waals surface area contributed by atoms with Gasteiger partial charge in [-0.1, -0.05) is 6.07 Å². The molecule has 1 aromatic heterocycles. The minimum atomic E-state index is -0.893. The molecule has 0 saturated carbocycles. The van der Waals surface area contributed by atoms with Crippen LogP contribution >= 0.6 is 0 Å². The third-order valence-electron chi connectivity index (χ3n) is 3.49. The van der Waals surface area contributed by atoms with Crippen LogP contribution in [0.2, 0.25) is 0 Å². The van der Waals surface area contributed by atoms with Crippen molar-refractivity contribution in [3.8, 4) is 5.88 Å². The molecule has 2 heterocycles. The molecule has 19 heavy (non-hydrogen) atoms. The number of carbonyl (C=O) groups is 1. The van der Waals surface area contributed by atoms with Crippen molar-refractivity contribution in [3.05, 3.63) is 18.3 Å². The summed E-state index contributed by atoms with van der Waals surface area (Å²) in [6, 6.07) is 3.28. The van der Waals surface area contributed by atoms with Crippen LogP contribution in [0.3, 0.4) is 0 Å². The molecule has 0 spiro atoms. The lowest BCUT2D eigenvalue weighted by Gasteiger charge is -2.32. The van der Waals surface area contributed by atoms with Crippen LogP contribution in [0.25, 0.3) is 0 Å². The average molecular weight is 264 g/mol. The van der Waals surface area contributed by atoms with Gasteiger partial charge in [0, 0.05) is 17.7 Å². The van der Waals surface area contributed by atoms with Crippen LogP contribution in [0.1, 0.15) is 27.7 Å². The van der Waals surface area contributed by atoms with Crippen LogP contribution in [-0.4, -0.2) is 29.4 Å². The summed E-state index contributed by atoms with van der Waals surface area (Å²) in [6.45, 7) is 7.91. The Morgan fingerprint density at radius 2 is 1.84 bits per heavy atom. The highest BCUT2D eigenvalue weighted by molar-refractivity contribution is 6.62. The van der Waals surface area contributed by atoms with Gasteiger partial charge >= 0.3 is 13.2 Å². The summed E-state index contributed by atoms with van der Waals surface area (Å²) in [5.41, 5.74) is 4.86. The summed E-state index contributed by atoms with van der Waals surface area (Å²) in [7, 11) is -0.486. The summed E-state index contributed by atoms with van der Waals surface area (Å²) in [5.74, 6) is 0.146. The van der Waals surface area contributed by atoms with Gasteiger partial charge in [-0.15, -0.1) is 0 Å². The van der Waals surface area contributed by atoms with E-state index in [-0.39, 0.29) is 5.88 Å². The summed E-state index contributed by atoms with van der Waals surface area (Å²) >= 11 is 0. The molecule has 2 rings (SSSR count). The van der Waals surface area contributed by atoms with E-state index in [1.165, 1.54) is 0 Å². The number of pyridine rings is 1.